The van der Waals surface area contributed by atoms with Crippen LogP contribution in [0.3, 0.4) is 0 Å². The van der Waals surface area contributed by atoms with E-state index in [-0.39, 0.29) is 0 Å². The predicted octanol–water partition coefficient (Wildman–Crippen LogP) is 0.857. The van der Waals surface area contributed by atoms with Crippen molar-refractivity contribution in [1.82, 2.24) is 15.5 Å². The van der Waals surface area contributed by atoms with Gasteiger partial charge in [-0.2, -0.15) is 0 Å². The molecule has 1 aliphatic heterocycles. The molecule has 0 unspecified atom stereocenters. The molecule has 0 saturated carbocycles. The third kappa shape index (κ3) is 1.08. The summed E-state index contributed by atoms with van der Waals surface area (Å²) in [6.07, 6.45) is 1.77. The van der Waals surface area contributed by atoms with Gasteiger partial charge in [-0.25, -0.2) is 9.97 Å². The number of hydrazine groups is 2. The van der Waals surface area contributed by atoms with Gasteiger partial charge < -0.3 is 0 Å². The van der Waals surface area contributed by atoms with Crippen LogP contribution in [0, 0.1) is 0 Å². The Balaban J connectivity index is 2.39. The SMILES string of the molecule is CC(C)c1ncc2c(n1)NNN2. The quantitative estimate of drug-likeness (QED) is 0.576. The number of fused-ring (bicyclic) bond motifs is 1. The van der Waals surface area contributed by atoms with E-state index in [2.05, 4.69) is 40.2 Å². The first-order valence-corrected chi connectivity index (χ1v) is 3.91. The van der Waals surface area contributed by atoms with Gasteiger partial charge in [-0.05, 0) is 0 Å². The summed E-state index contributed by atoms with van der Waals surface area (Å²) in [4.78, 5) is 8.50. The van der Waals surface area contributed by atoms with Crippen molar-refractivity contribution in [3.8, 4) is 0 Å². The number of hydrogen-bond acceptors (Lipinski definition) is 5. The van der Waals surface area contributed by atoms with Gasteiger partial charge in [-0.15, -0.1) is 5.53 Å². The predicted molar refractivity (Wildman–Crippen MR) is 46.5 cm³/mol. The molecular weight excluding hydrogens is 154 g/mol. The Morgan fingerprint density at radius 1 is 1.33 bits per heavy atom. The highest BCUT2D eigenvalue weighted by Crippen LogP contribution is 2.21. The van der Waals surface area contributed by atoms with E-state index >= 15 is 0 Å². The Morgan fingerprint density at radius 2 is 2.17 bits per heavy atom. The van der Waals surface area contributed by atoms with Crippen molar-refractivity contribution in [2.24, 2.45) is 0 Å². The zero-order valence-electron chi connectivity index (χ0n) is 7.05. The minimum Gasteiger partial charge on any atom is -0.299 e. The monoisotopic (exact) mass is 165 g/mol. The van der Waals surface area contributed by atoms with Crippen molar-refractivity contribution in [3.05, 3.63) is 12.0 Å². The Morgan fingerprint density at radius 3 is 2.92 bits per heavy atom. The molecule has 2 rings (SSSR count). The summed E-state index contributed by atoms with van der Waals surface area (Å²) in [5, 5.41) is 0. The molecule has 0 saturated heterocycles. The molecular formula is C7H11N5. The molecule has 2 heterocycles. The highest BCUT2D eigenvalue weighted by molar-refractivity contribution is 5.65. The topological polar surface area (TPSA) is 61.9 Å². The number of anilines is 2. The van der Waals surface area contributed by atoms with Gasteiger partial charge in [-0.1, -0.05) is 13.8 Å². The maximum Gasteiger partial charge on any atom is 0.170 e. The number of nitrogens with zero attached hydrogens (tertiary/aromatic N) is 2. The smallest absolute Gasteiger partial charge is 0.170 e. The molecule has 0 atom stereocenters. The zero-order chi connectivity index (χ0) is 8.55. The third-order valence-corrected chi connectivity index (χ3v) is 1.70. The van der Waals surface area contributed by atoms with Gasteiger partial charge in [-0.3, -0.25) is 10.9 Å². The van der Waals surface area contributed by atoms with Crippen molar-refractivity contribution in [2.45, 2.75) is 19.8 Å². The molecule has 1 aliphatic rings. The van der Waals surface area contributed by atoms with Gasteiger partial charge in [0.25, 0.3) is 0 Å². The summed E-state index contributed by atoms with van der Waals surface area (Å²) in [5.74, 6) is 2.03. The summed E-state index contributed by atoms with van der Waals surface area (Å²) in [6.45, 7) is 4.13. The molecule has 1 aromatic heterocycles. The zero-order valence-corrected chi connectivity index (χ0v) is 7.05. The molecule has 1 aromatic rings. The molecule has 5 heteroatoms. The minimum atomic E-state index is 0.359. The first-order chi connectivity index (χ1) is 5.77. The van der Waals surface area contributed by atoms with E-state index in [1.54, 1.807) is 6.20 Å². The average molecular weight is 165 g/mol. The summed E-state index contributed by atoms with van der Waals surface area (Å²) >= 11 is 0. The summed E-state index contributed by atoms with van der Waals surface area (Å²) in [7, 11) is 0. The van der Waals surface area contributed by atoms with Crippen LogP contribution in [-0.4, -0.2) is 9.97 Å². The normalized spacial score (nSPS) is 13.9. The second kappa shape index (κ2) is 2.60. The first kappa shape index (κ1) is 7.30. The van der Waals surface area contributed by atoms with Crippen LogP contribution in [0.2, 0.25) is 0 Å². The Hall–Kier alpha value is -1.36. The third-order valence-electron chi connectivity index (χ3n) is 1.70. The molecule has 0 bridgehead atoms. The number of aromatic nitrogens is 2. The first-order valence-electron chi connectivity index (χ1n) is 3.91. The largest absolute Gasteiger partial charge is 0.299 e. The average Bonchev–Trinajstić information content (AvgIpc) is 2.49. The van der Waals surface area contributed by atoms with Gasteiger partial charge in [0.2, 0.25) is 0 Å². The Kier molecular flexibility index (Phi) is 1.58. The van der Waals surface area contributed by atoms with Crippen LogP contribution < -0.4 is 16.4 Å². The molecule has 0 radical (unpaired) electrons. The highest BCUT2D eigenvalue weighted by Gasteiger charge is 2.12. The standard InChI is InChI=1S/C7H11N5/c1-4(2)6-8-3-5-7(9-6)11-12-10-5/h3-4,10,12H,1-2H3,(H,8,9,11). The van der Waals surface area contributed by atoms with Gasteiger partial charge >= 0.3 is 0 Å². The van der Waals surface area contributed by atoms with E-state index < -0.39 is 0 Å². The van der Waals surface area contributed by atoms with E-state index in [9.17, 15) is 0 Å². The van der Waals surface area contributed by atoms with Gasteiger partial charge in [0.15, 0.2) is 5.82 Å². The summed E-state index contributed by atoms with van der Waals surface area (Å²) < 4.78 is 0. The second-order valence-corrected chi connectivity index (χ2v) is 3.02. The Bertz CT molecular complexity index is 296. The van der Waals surface area contributed by atoms with Crippen LogP contribution in [0.25, 0.3) is 0 Å². The van der Waals surface area contributed by atoms with Crippen LogP contribution in [0.1, 0.15) is 25.6 Å². The summed E-state index contributed by atoms with van der Waals surface area (Å²) in [6, 6.07) is 0. The minimum absolute atomic E-state index is 0.359. The molecule has 64 valence electrons. The van der Waals surface area contributed by atoms with Crippen molar-refractivity contribution in [3.63, 3.8) is 0 Å². The number of nitrogens with one attached hydrogen (secondary N) is 3. The lowest BCUT2D eigenvalue weighted by Crippen LogP contribution is -2.19. The van der Waals surface area contributed by atoms with E-state index in [1.807, 2.05) is 0 Å². The Labute approximate surface area is 70.5 Å². The maximum absolute atomic E-state index is 4.31. The summed E-state index contributed by atoms with van der Waals surface area (Å²) in [5.41, 5.74) is 9.40. The van der Waals surface area contributed by atoms with Crippen molar-refractivity contribution in [2.75, 3.05) is 10.9 Å². The number of rotatable bonds is 1. The number of hydrogen-bond donors (Lipinski definition) is 3. The highest BCUT2D eigenvalue weighted by atomic mass is 15.6. The van der Waals surface area contributed by atoms with Gasteiger partial charge in [0.05, 0.1) is 6.20 Å². The molecule has 5 nitrogen and oxygen atoms in total. The lowest BCUT2D eigenvalue weighted by molar-refractivity contribution is 0.777. The van der Waals surface area contributed by atoms with Crippen LogP contribution in [0.5, 0.6) is 0 Å². The van der Waals surface area contributed by atoms with E-state index in [1.165, 1.54) is 0 Å². The van der Waals surface area contributed by atoms with E-state index in [4.69, 9.17) is 0 Å². The second-order valence-electron chi connectivity index (χ2n) is 3.02. The molecule has 0 aromatic carbocycles. The van der Waals surface area contributed by atoms with Crippen LogP contribution >= 0.6 is 0 Å². The van der Waals surface area contributed by atoms with Crippen LogP contribution in [-0.2, 0) is 0 Å². The fourth-order valence-corrected chi connectivity index (χ4v) is 1.02. The van der Waals surface area contributed by atoms with Gasteiger partial charge in [0, 0.05) is 5.92 Å². The van der Waals surface area contributed by atoms with Crippen LogP contribution in [0.4, 0.5) is 11.5 Å². The maximum atomic E-state index is 4.31. The van der Waals surface area contributed by atoms with Crippen LogP contribution in [0.15, 0.2) is 6.20 Å². The molecule has 12 heavy (non-hydrogen) atoms. The van der Waals surface area contributed by atoms with E-state index in [0.717, 1.165) is 17.3 Å². The molecule has 3 N–H and O–H groups in total. The van der Waals surface area contributed by atoms with Crippen molar-refractivity contribution >= 4 is 11.5 Å². The molecule has 0 fully saturated rings. The lowest BCUT2D eigenvalue weighted by atomic mass is 10.2. The molecule has 0 aliphatic carbocycles. The fourth-order valence-electron chi connectivity index (χ4n) is 1.02. The van der Waals surface area contributed by atoms with Gasteiger partial charge in [0.1, 0.15) is 11.5 Å². The van der Waals surface area contributed by atoms with E-state index in [0.29, 0.717) is 5.92 Å². The fraction of sp³-hybridized carbons (Fsp3) is 0.429. The van der Waals surface area contributed by atoms with Crippen molar-refractivity contribution < 1.29 is 0 Å². The van der Waals surface area contributed by atoms with Crippen molar-refractivity contribution in [1.29, 1.82) is 0 Å². The lowest BCUT2D eigenvalue weighted by Gasteiger charge is -2.03. The molecule has 0 spiro atoms. The molecule has 0 amide bonds.